The van der Waals surface area contributed by atoms with Gasteiger partial charge in [-0.05, 0) is 63.6 Å². The molecule has 5 rings (SSSR count). The molecule has 3 heterocycles. The Balaban J connectivity index is 1.49. The van der Waals surface area contributed by atoms with E-state index in [0.29, 0.717) is 31.5 Å². The predicted molar refractivity (Wildman–Crippen MR) is 185 cm³/mol. The first-order valence-corrected chi connectivity index (χ1v) is 17.1. The van der Waals surface area contributed by atoms with Gasteiger partial charge in [-0.3, -0.25) is 24.0 Å². The van der Waals surface area contributed by atoms with E-state index in [0.717, 1.165) is 22.5 Å². The summed E-state index contributed by atoms with van der Waals surface area (Å²) in [6.45, 7) is 9.12. The van der Waals surface area contributed by atoms with Crippen molar-refractivity contribution < 1.29 is 24.0 Å². The summed E-state index contributed by atoms with van der Waals surface area (Å²) >= 11 is 0. The van der Waals surface area contributed by atoms with Crippen LogP contribution in [0.2, 0.25) is 0 Å². The third-order valence-corrected chi connectivity index (χ3v) is 9.40. The average Bonchev–Trinajstić information content (AvgIpc) is 3.67. The fourth-order valence-corrected chi connectivity index (χ4v) is 6.74. The van der Waals surface area contributed by atoms with Gasteiger partial charge in [-0.1, -0.05) is 62.4 Å². The van der Waals surface area contributed by atoms with Crippen molar-refractivity contribution >= 4 is 29.5 Å². The summed E-state index contributed by atoms with van der Waals surface area (Å²) in [5.74, 6) is -2.26. The minimum Gasteiger partial charge on any atom is -0.349 e. The number of rotatable bonds is 6. The molecular weight excluding hydrogens is 622 g/mol. The van der Waals surface area contributed by atoms with Gasteiger partial charge in [0.1, 0.15) is 18.1 Å². The normalized spacial score (nSPS) is 22.6. The summed E-state index contributed by atoms with van der Waals surface area (Å²) in [5, 5.41) is 13.5. The molecule has 1 aromatic heterocycles. The van der Waals surface area contributed by atoms with E-state index >= 15 is 0 Å². The number of hydrogen-bond acceptors (Lipinski definition) is 6. The lowest BCUT2D eigenvalue weighted by molar-refractivity contribution is -0.142. The van der Waals surface area contributed by atoms with Crippen LogP contribution in [0.1, 0.15) is 56.1 Å². The molecule has 0 unspecified atom stereocenters. The molecule has 0 bridgehead atoms. The van der Waals surface area contributed by atoms with Gasteiger partial charge in [0.15, 0.2) is 0 Å². The Bertz CT molecular complexity index is 1670. The zero-order chi connectivity index (χ0) is 35.2. The second-order valence-electron chi connectivity index (χ2n) is 13.5. The maximum atomic E-state index is 14.2. The lowest BCUT2D eigenvalue weighted by atomic mass is 10.00. The van der Waals surface area contributed by atoms with Gasteiger partial charge in [-0.25, -0.2) is 4.68 Å². The number of hydrogen-bond donors (Lipinski definition) is 3. The molecule has 49 heavy (non-hydrogen) atoms. The van der Waals surface area contributed by atoms with Gasteiger partial charge in [0, 0.05) is 24.3 Å². The van der Waals surface area contributed by atoms with Crippen LogP contribution in [0.3, 0.4) is 0 Å². The van der Waals surface area contributed by atoms with Crippen molar-refractivity contribution in [1.29, 1.82) is 0 Å². The Morgan fingerprint density at radius 2 is 1.59 bits per heavy atom. The van der Waals surface area contributed by atoms with Crippen molar-refractivity contribution in [1.82, 2.24) is 35.5 Å². The van der Waals surface area contributed by atoms with E-state index in [1.165, 1.54) is 9.80 Å². The van der Waals surface area contributed by atoms with Crippen molar-refractivity contribution in [2.75, 3.05) is 19.6 Å². The summed E-state index contributed by atoms with van der Waals surface area (Å²) in [4.78, 5) is 71.6. The molecule has 3 N–H and O–H groups in total. The zero-order valence-electron chi connectivity index (χ0n) is 28.9. The van der Waals surface area contributed by atoms with Crippen LogP contribution in [0, 0.1) is 19.8 Å². The first-order chi connectivity index (χ1) is 23.4. The number of fused-ring (bicyclic) bond motifs is 1. The van der Waals surface area contributed by atoms with Gasteiger partial charge >= 0.3 is 0 Å². The predicted octanol–water partition coefficient (Wildman–Crippen LogP) is 2.24. The van der Waals surface area contributed by atoms with Crippen molar-refractivity contribution in [3.63, 3.8) is 0 Å². The first-order valence-electron chi connectivity index (χ1n) is 17.1. The van der Waals surface area contributed by atoms with Crippen molar-refractivity contribution in [2.45, 2.75) is 84.5 Å². The van der Waals surface area contributed by atoms with E-state index < -0.39 is 41.9 Å². The molecule has 2 aromatic carbocycles. The maximum absolute atomic E-state index is 14.2. The summed E-state index contributed by atoms with van der Waals surface area (Å²) in [5.41, 5.74) is 4.06. The Labute approximate surface area is 287 Å². The maximum Gasteiger partial charge on any atom is 0.245 e. The molecule has 2 aliphatic heterocycles. The number of aromatic nitrogens is 2. The molecule has 0 radical (unpaired) electrons. The number of nitrogens with zero attached hydrogens (tertiary/aromatic N) is 4. The standard InChI is InChI=1S/C37H47N7O5/c1-23(2)34-36(48)39-28(19-27-13-8-6-9-14-27)21-42(22-32(45)38-25(4)37(49)43-18-12-17-31(43)35(47)40-34)33(46)20-30-24(3)41-44(26(30)5)29-15-10-7-11-16-29/h6-11,13-16,23,25,28,31,34H,12,17-22H2,1-5H3,(H,38,45)(H,39,48)(H,40,47)/t25-,28-,31+,34-/m0/s1. The van der Waals surface area contributed by atoms with E-state index in [2.05, 4.69) is 16.0 Å². The molecule has 0 spiro atoms. The summed E-state index contributed by atoms with van der Waals surface area (Å²) < 4.78 is 1.80. The lowest BCUT2D eigenvalue weighted by Gasteiger charge is -2.31. The van der Waals surface area contributed by atoms with E-state index in [-0.39, 0.29) is 37.2 Å². The smallest absolute Gasteiger partial charge is 0.245 e. The number of carbonyl (C=O) groups excluding carboxylic acids is 5. The molecule has 4 atom stereocenters. The monoisotopic (exact) mass is 669 g/mol. The van der Waals surface area contributed by atoms with Crippen LogP contribution >= 0.6 is 0 Å². The summed E-state index contributed by atoms with van der Waals surface area (Å²) in [7, 11) is 0. The highest BCUT2D eigenvalue weighted by Crippen LogP contribution is 2.21. The quantitative estimate of drug-likeness (QED) is 0.367. The molecule has 12 nitrogen and oxygen atoms in total. The molecule has 12 heteroatoms. The highest BCUT2D eigenvalue weighted by atomic mass is 16.2. The number of nitrogens with one attached hydrogen (secondary N) is 3. The second kappa shape index (κ2) is 15.5. The van der Waals surface area contributed by atoms with Crippen LogP contribution in [0.15, 0.2) is 60.7 Å². The zero-order valence-corrected chi connectivity index (χ0v) is 28.9. The van der Waals surface area contributed by atoms with Crippen LogP contribution < -0.4 is 16.0 Å². The fraction of sp³-hybridized carbons (Fsp3) is 0.459. The molecule has 260 valence electrons. The van der Waals surface area contributed by atoms with Crippen molar-refractivity contribution in [2.24, 2.45) is 5.92 Å². The largest absolute Gasteiger partial charge is 0.349 e. The van der Waals surface area contributed by atoms with Gasteiger partial charge in [-0.2, -0.15) is 5.10 Å². The Hall–Kier alpha value is -5.00. The fourth-order valence-electron chi connectivity index (χ4n) is 6.74. The number of amides is 5. The summed E-state index contributed by atoms with van der Waals surface area (Å²) in [6.07, 6.45) is 1.46. The first kappa shape index (κ1) is 35.3. The van der Waals surface area contributed by atoms with E-state index in [9.17, 15) is 24.0 Å². The second-order valence-corrected chi connectivity index (χ2v) is 13.5. The molecular formula is C37H47N7O5. The Morgan fingerprint density at radius 3 is 2.27 bits per heavy atom. The van der Waals surface area contributed by atoms with Gasteiger partial charge in [0.05, 0.1) is 30.4 Å². The molecule has 3 aromatic rings. The number of para-hydroxylation sites is 1. The van der Waals surface area contributed by atoms with Crippen molar-refractivity contribution in [3.8, 4) is 5.69 Å². The molecule has 5 amide bonds. The number of aryl methyl sites for hydroxylation is 1. The van der Waals surface area contributed by atoms with Crippen molar-refractivity contribution in [3.05, 3.63) is 83.2 Å². The number of carbonyl (C=O) groups is 5. The minimum absolute atomic E-state index is 0.0155. The molecule has 0 saturated carbocycles. The Kier molecular flexibility index (Phi) is 11.2. The van der Waals surface area contributed by atoms with Gasteiger partial charge in [-0.15, -0.1) is 0 Å². The van der Waals surface area contributed by atoms with Crippen LogP contribution in [0.5, 0.6) is 0 Å². The molecule has 2 aliphatic rings. The SMILES string of the molecule is Cc1nn(-c2ccccc2)c(C)c1CC(=O)N1CC(=O)N[C@@H](C)C(=O)N2CCC[C@@H]2C(=O)N[C@@H](C(C)C)C(=O)N[C@@H](Cc2ccccc2)C1. The Morgan fingerprint density at radius 1 is 0.918 bits per heavy atom. The number of benzene rings is 2. The van der Waals surface area contributed by atoms with Gasteiger partial charge < -0.3 is 25.8 Å². The molecule has 2 saturated heterocycles. The van der Waals surface area contributed by atoms with Crippen LogP contribution in [-0.2, 0) is 36.8 Å². The topological polar surface area (TPSA) is 146 Å². The van der Waals surface area contributed by atoms with Gasteiger partial charge in [0.2, 0.25) is 29.5 Å². The van der Waals surface area contributed by atoms with Crippen LogP contribution in [-0.4, -0.2) is 92.9 Å². The third kappa shape index (κ3) is 8.36. The highest BCUT2D eigenvalue weighted by Gasteiger charge is 2.39. The lowest BCUT2D eigenvalue weighted by Crippen LogP contribution is -2.58. The molecule has 2 fully saturated rings. The minimum atomic E-state index is -0.919. The van der Waals surface area contributed by atoms with E-state index in [1.54, 1.807) is 11.6 Å². The van der Waals surface area contributed by atoms with E-state index in [4.69, 9.17) is 5.10 Å². The van der Waals surface area contributed by atoms with E-state index in [1.807, 2.05) is 88.4 Å². The average molecular weight is 670 g/mol. The third-order valence-electron chi connectivity index (χ3n) is 9.40. The highest BCUT2D eigenvalue weighted by molar-refractivity contribution is 5.95. The summed E-state index contributed by atoms with van der Waals surface area (Å²) in [6, 6.07) is 16.1. The van der Waals surface area contributed by atoms with Gasteiger partial charge in [0.25, 0.3) is 0 Å². The molecule has 0 aliphatic carbocycles. The van der Waals surface area contributed by atoms with Crippen LogP contribution in [0.25, 0.3) is 5.69 Å². The van der Waals surface area contributed by atoms with Crippen LogP contribution in [0.4, 0.5) is 0 Å².